The second-order valence-electron chi connectivity index (χ2n) is 3.33. The molecule has 5 heteroatoms. The second-order valence-corrected chi connectivity index (χ2v) is 5.10. The maximum Gasteiger partial charge on any atom is 0.133 e. The van der Waals surface area contributed by atoms with E-state index >= 15 is 0 Å². The summed E-state index contributed by atoms with van der Waals surface area (Å²) < 4.78 is 8.99. The molecule has 2 aromatic rings. The number of nitrogens with zero attached hydrogens (tertiary/aromatic N) is 2. The molecule has 0 amide bonds. The molecular formula is C11H10Br2N2O. The Morgan fingerprint density at radius 3 is 2.75 bits per heavy atom. The van der Waals surface area contributed by atoms with Crippen LogP contribution in [0.5, 0.6) is 5.75 Å². The molecule has 0 spiro atoms. The first kappa shape index (κ1) is 11.7. The Hall–Kier alpha value is -0.810. The minimum Gasteiger partial charge on any atom is -0.496 e. The molecule has 0 bridgehead atoms. The molecule has 2 rings (SSSR count). The van der Waals surface area contributed by atoms with Gasteiger partial charge in [-0.2, -0.15) is 5.10 Å². The van der Waals surface area contributed by atoms with Gasteiger partial charge in [0.25, 0.3) is 0 Å². The van der Waals surface area contributed by atoms with E-state index in [1.54, 1.807) is 13.3 Å². The maximum atomic E-state index is 5.18. The highest BCUT2D eigenvalue weighted by Gasteiger charge is 2.02. The SMILES string of the molecule is COc1ccc(Cn2cc(Br)cn2)cc1Br. The van der Waals surface area contributed by atoms with Gasteiger partial charge in [-0.1, -0.05) is 6.07 Å². The van der Waals surface area contributed by atoms with Gasteiger partial charge in [0.1, 0.15) is 5.75 Å². The molecule has 16 heavy (non-hydrogen) atoms. The number of benzene rings is 1. The van der Waals surface area contributed by atoms with Gasteiger partial charge >= 0.3 is 0 Å². The van der Waals surface area contributed by atoms with E-state index < -0.39 is 0 Å². The van der Waals surface area contributed by atoms with Crippen molar-refractivity contribution < 1.29 is 4.74 Å². The molecule has 0 aliphatic heterocycles. The van der Waals surface area contributed by atoms with Crippen LogP contribution in [0.1, 0.15) is 5.56 Å². The molecule has 0 fully saturated rings. The van der Waals surface area contributed by atoms with Crippen molar-refractivity contribution in [1.82, 2.24) is 9.78 Å². The molecule has 0 saturated carbocycles. The first-order chi connectivity index (χ1) is 7.69. The summed E-state index contributed by atoms with van der Waals surface area (Å²) in [5, 5.41) is 4.21. The van der Waals surface area contributed by atoms with Gasteiger partial charge in [-0.25, -0.2) is 0 Å². The van der Waals surface area contributed by atoms with Crippen molar-refractivity contribution in [1.29, 1.82) is 0 Å². The zero-order chi connectivity index (χ0) is 11.5. The van der Waals surface area contributed by atoms with E-state index in [0.29, 0.717) is 0 Å². The summed E-state index contributed by atoms with van der Waals surface area (Å²) in [7, 11) is 1.66. The maximum absolute atomic E-state index is 5.18. The number of ether oxygens (including phenoxy) is 1. The molecule has 0 atom stereocenters. The average molecular weight is 346 g/mol. The molecule has 1 aromatic heterocycles. The predicted octanol–water partition coefficient (Wildman–Crippen LogP) is 3.47. The van der Waals surface area contributed by atoms with Crippen LogP contribution in [0.2, 0.25) is 0 Å². The highest BCUT2D eigenvalue weighted by atomic mass is 79.9. The summed E-state index contributed by atoms with van der Waals surface area (Å²) in [5.41, 5.74) is 1.17. The number of methoxy groups -OCH3 is 1. The first-order valence-corrected chi connectivity index (χ1v) is 6.28. The lowest BCUT2D eigenvalue weighted by Crippen LogP contribution is -1.99. The van der Waals surface area contributed by atoms with Crippen LogP contribution >= 0.6 is 31.9 Å². The fourth-order valence-electron chi connectivity index (χ4n) is 1.42. The molecule has 1 aromatic carbocycles. The monoisotopic (exact) mass is 344 g/mol. The fraction of sp³-hybridized carbons (Fsp3) is 0.182. The summed E-state index contributed by atoms with van der Waals surface area (Å²) in [5.74, 6) is 0.838. The summed E-state index contributed by atoms with van der Waals surface area (Å²) in [4.78, 5) is 0. The van der Waals surface area contributed by atoms with Crippen molar-refractivity contribution in [3.8, 4) is 5.75 Å². The van der Waals surface area contributed by atoms with Crippen molar-refractivity contribution in [2.75, 3.05) is 7.11 Å². The van der Waals surface area contributed by atoms with E-state index in [9.17, 15) is 0 Å². The van der Waals surface area contributed by atoms with Crippen LogP contribution in [0.25, 0.3) is 0 Å². The van der Waals surface area contributed by atoms with E-state index in [0.717, 1.165) is 21.2 Å². The Bertz CT molecular complexity index is 496. The number of aromatic nitrogens is 2. The van der Waals surface area contributed by atoms with Gasteiger partial charge in [-0.3, -0.25) is 4.68 Å². The number of halogens is 2. The fourth-order valence-corrected chi connectivity index (χ4v) is 2.34. The molecule has 0 radical (unpaired) electrons. The molecule has 0 saturated heterocycles. The quantitative estimate of drug-likeness (QED) is 0.851. The second kappa shape index (κ2) is 5.01. The standard InChI is InChI=1S/C11H10Br2N2O/c1-16-11-3-2-8(4-10(11)13)6-15-7-9(12)5-14-15/h2-5,7H,6H2,1H3. The van der Waals surface area contributed by atoms with Crippen molar-refractivity contribution >= 4 is 31.9 Å². The molecule has 0 unspecified atom stereocenters. The smallest absolute Gasteiger partial charge is 0.133 e. The average Bonchev–Trinajstić information content (AvgIpc) is 2.64. The topological polar surface area (TPSA) is 27.1 Å². The lowest BCUT2D eigenvalue weighted by atomic mass is 10.2. The zero-order valence-electron chi connectivity index (χ0n) is 8.65. The highest BCUT2D eigenvalue weighted by Crippen LogP contribution is 2.25. The summed E-state index contributed by atoms with van der Waals surface area (Å²) in [6.07, 6.45) is 3.72. The third-order valence-corrected chi connectivity index (χ3v) is 3.19. The van der Waals surface area contributed by atoms with E-state index in [4.69, 9.17) is 4.74 Å². The molecule has 0 N–H and O–H groups in total. The van der Waals surface area contributed by atoms with Crippen LogP contribution in [-0.4, -0.2) is 16.9 Å². The van der Waals surface area contributed by atoms with E-state index in [2.05, 4.69) is 37.0 Å². The van der Waals surface area contributed by atoms with Crippen LogP contribution in [0, 0.1) is 0 Å². The highest BCUT2D eigenvalue weighted by molar-refractivity contribution is 9.10. The van der Waals surface area contributed by atoms with Crippen molar-refractivity contribution in [3.05, 3.63) is 45.1 Å². The zero-order valence-corrected chi connectivity index (χ0v) is 11.8. The van der Waals surface area contributed by atoms with Crippen LogP contribution in [0.3, 0.4) is 0 Å². The number of hydrogen-bond acceptors (Lipinski definition) is 2. The van der Waals surface area contributed by atoms with Crippen LogP contribution in [0.4, 0.5) is 0 Å². The van der Waals surface area contributed by atoms with Gasteiger partial charge in [0, 0.05) is 6.20 Å². The molecule has 1 heterocycles. The van der Waals surface area contributed by atoms with Gasteiger partial charge in [-0.15, -0.1) is 0 Å². The summed E-state index contributed by atoms with van der Waals surface area (Å²) in [6, 6.07) is 6.01. The van der Waals surface area contributed by atoms with Crippen molar-refractivity contribution in [3.63, 3.8) is 0 Å². The molecule has 0 aliphatic rings. The number of hydrogen-bond donors (Lipinski definition) is 0. The van der Waals surface area contributed by atoms with Gasteiger partial charge in [0.05, 0.1) is 28.8 Å². The third-order valence-electron chi connectivity index (χ3n) is 2.16. The van der Waals surface area contributed by atoms with Gasteiger partial charge < -0.3 is 4.74 Å². The largest absolute Gasteiger partial charge is 0.496 e. The van der Waals surface area contributed by atoms with E-state index in [1.165, 1.54) is 5.56 Å². The molecule has 84 valence electrons. The van der Waals surface area contributed by atoms with Gasteiger partial charge in [-0.05, 0) is 49.6 Å². The Labute approximate surface area is 111 Å². The van der Waals surface area contributed by atoms with Crippen molar-refractivity contribution in [2.24, 2.45) is 0 Å². The Balaban J connectivity index is 2.19. The Morgan fingerprint density at radius 2 is 2.19 bits per heavy atom. The Morgan fingerprint density at radius 1 is 1.38 bits per heavy atom. The predicted molar refractivity (Wildman–Crippen MR) is 69.7 cm³/mol. The van der Waals surface area contributed by atoms with Crippen LogP contribution < -0.4 is 4.74 Å². The molecular weight excluding hydrogens is 336 g/mol. The minimum atomic E-state index is 0.744. The van der Waals surface area contributed by atoms with Gasteiger partial charge in [0.2, 0.25) is 0 Å². The first-order valence-electron chi connectivity index (χ1n) is 4.69. The minimum absolute atomic E-state index is 0.744. The Kier molecular flexibility index (Phi) is 3.66. The van der Waals surface area contributed by atoms with E-state index in [1.807, 2.05) is 29.1 Å². The lowest BCUT2D eigenvalue weighted by Gasteiger charge is -2.06. The summed E-state index contributed by atoms with van der Waals surface area (Å²) in [6.45, 7) is 0.744. The summed E-state index contributed by atoms with van der Waals surface area (Å²) >= 11 is 6.83. The van der Waals surface area contributed by atoms with Crippen LogP contribution in [0.15, 0.2) is 39.5 Å². The van der Waals surface area contributed by atoms with Gasteiger partial charge in [0.15, 0.2) is 0 Å². The molecule has 3 nitrogen and oxygen atoms in total. The number of rotatable bonds is 3. The van der Waals surface area contributed by atoms with Crippen LogP contribution in [-0.2, 0) is 6.54 Å². The van der Waals surface area contributed by atoms with E-state index in [-0.39, 0.29) is 0 Å². The lowest BCUT2D eigenvalue weighted by molar-refractivity contribution is 0.412. The third kappa shape index (κ3) is 2.65. The van der Waals surface area contributed by atoms with Crippen molar-refractivity contribution in [2.45, 2.75) is 6.54 Å². The molecule has 0 aliphatic carbocycles. The normalized spacial score (nSPS) is 10.4.